The number of nitrogens with one attached hydrogen (secondary N) is 2. The van der Waals surface area contributed by atoms with Crippen molar-refractivity contribution >= 4 is 28.5 Å². The number of rotatable bonds is 3. The first kappa shape index (κ1) is 13.4. The Labute approximate surface area is 122 Å². The number of nitrogens with two attached hydrogens (primary N) is 1. The molecule has 0 atom stereocenters. The number of anilines is 1. The van der Waals surface area contributed by atoms with Crippen LogP contribution in [0.3, 0.4) is 0 Å². The lowest BCUT2D eigenvalue weighted by Gasteiger charge is -2.03. The smallest absolute Gasteiger partial charge is 0.258 e. The highest BCUT2D eigenvalue weighted by Gasteiger charge is 2.05. The van der Waals surface area contributed by atoms with Crippen molar-refractivity contribution in [3.8, 4) is 0 Å². The van der Waals surface area contributed by atoms with Crippen molar-refractivity contribution in [2.75, 3.05) is 5.73 Å². The number of thioether (sulfide) groups is 1. The van der Waals surface area contributed by atoms with Gasteiger partial charge in [0.25, 0.3) is 11.1 Å². The average molecular weight is 301 g/mol. The van der Waals surface area contributed by atoms with E-state index in [0.717, 1.165) is 0 Å². The molecule has 0 saturated carbocycles. The Morgan fingerprint density at radius 3 is 2.76 bits per heavy atom. The largest absolute Gasteiger partial charge is 0.383 e. The highest BCUT2D eigenvalue weighted by atomic mass is 32.2. The molecule has 2 aromatic heterocycles. The Balaban J connectivity index is 1.88. The number of fused-ring (bicyclic) bond motifs is 1. The number of aromatic nitrogens is 4. The van der Waals surface area contributed by atoms with E-state index in [1.165, 1.54) is 17.8 Å². The van der Waals surface area contributed by atoms with Crippen LogP contribution in [-0.4, -0.2) is 19.9 Å². The van der Waals surface area contributed by atoms with Gasteiger partial charge < -0.3 is 15.7 Å². The number of para-hydroxylation sites is 1. The Bertz CT molecular complexity index is 918. The summed E-state index contributed by atoms with van der Waals surface area (Å²) >= 11 is 1.24. The second-order valence-electron chi connectivity index (χ2n) is 4.29. The molecule has 0 aliphatic carbocycles. The first-order chi connectivity index (χ1) is 10.1. The molecule has 0 aliphatic rings. The summed E-state index contributed by atoms with van der Waals surface area (Å²) in [4.78, 5) is 36.9. The molecule has 0 spiro atoms. The van der Waals surface area contributed by atoms with Crippen molar-refractivity contribution < 1.29 is 0 Å². The lowest BCUT2D eigenvalue weighted by atomic mass is 10.2. The molecule has 3 rings (SSSR count). The number of nitrogen functional groups attached to an aromatic ring is 1. The summed E-state index contributed by atoms with van der Waals surface area (Å²) in [5, 5.41) is 0.928. The maximum absolute atomic E-state index is 11.9. The third-order valence-electron chi connectivity index (χ3n) is 2.75. The van der Waals surface area contributed by atoms with Crippen molar-refractivity contribution in [3.05, 3.63) is 56.9 Å². The van der Waals surface area contributed by atoms with Crippen LogP contribution in [-0.2, 0) is 5.75 Å². The fourth-order valence-electron chi connectivity index (χ4n) is 1.86. The molecule has 0 bridgehead atoms. The van der Waals surface area contributed by atoms with Crippen LogP contribution in [0.1, 0.15) is 5.82 Å². The SMILES string of the molecule is Nc1cc(=O)[nH]c(SCc2nc3ccccc3c(=O)[nH]2)n1. The van der Waals surface area contributed by atoms with E-state index >= 15 is 0 Å². The topological polar surface area (TPSA) is 118 Å². The minimum absolute atomic E-state index is 0.154. The number of H-pyrrole nitrogens is 2. The van der Waals surface area contributed by atoms with Crippen LogP contribution < -0.4 is 16.9 Å². The van der Waals surface area contributed by atoms with Gasteiger partial charge in [0.05, 0.1) is 16.7 Å². The fourth-order valence-corrected chi connectivity index (χ4v) is 2.61. The third kappa shape index (κ3) is 2.95. The Morgan fingerprint density at radius 1 is 1.14 bits per heavy atom. The third-order valence-corrected chi connectivity index (χ3v) is 3.63. The predicted octanol–water partition coefficient (Wildman–Crippen LogP) is 0.881. The molecule has 0 amide bonds. The standard InChI is InChI=1S/C13H11N5O2S/c14-9-5-11(19)18-13(16-9)21-6-10-15-8-4-2-1-3-7(8)12(20)17-10/h1-5H,6H2,(H,15,17,20)(H3,14,16,18,19). The van der Waals surface area contributed by atoms with Gasteiger partial charge in [-0.3, -0.25) is 9.59 Å². The highest BCUT2D eigenvalue weighted by molar-refractivity contribution is 7.98. The average Bonchev–Trinajstić information content (AvgIpc) is 2.44. The van der Waals surface area contributed by atoms with Crippen molar-refractivity contribution in [1.82, 2.24) is 19.9 Å². The van der Waals surface area contributed by atoms with E-state index in [2.05, 4.69) is 19.9 Å². The molecular formula is C13H11N5O2S. The van der Waals surface area contributed by atoms with Gasteiger partial charge in [0.2, 0.25) is 0 Å². The molecule has 2 heterocycles. The Hall–Kier alpha value is -2.61. The molecule has 0 fully saturated rings. The molecule has 1 aromatic carbocycles. The molecule has 8 heteroatoms. The maximum atomic E-state index is 11.9. The van der Waals surface area contributed by atoms with Gasteiger partial charge in [0.1, 0.15) is 11.6 Å². The lowest BCUT2D eigenvalue weighted by Crippen LogP contribution is -2.12. The van der Waals surface area contributed by atoms with Crippen molar-refractivity contribution in [2.24, 2.45) is 0 Å². The molecule has 21 heavy (non-hydrogen) atoms. The lowest BCUT2D eigenvalue weighted by molar-refractivity contribution is 0.939. The Kier molecular flexibility index (Phi) is 3.44. The summed E-state index contributed by atoms with van der Waals surface area (Å²) in [5.74, 6) is 1.03. The zero-order valence-electron chi connectivity index (χ0n) is 10.8. The number of nitrogens with zero attached hydrogens (tertiary/aromatic N) is 2. The van der Waals surface area contributed by atoms with Crippen LogP contribution in [0.2, 0.25) is 0 Å². The minimum atomic E-state index is -0.315. The summed E-state index contributed by atoms with van der Waals surface area (Å²) in [6.45, 7) is 0. The number of hydrogen-bond donors (Lipinski definition) is 3. The van der Waals surface area contributed by atoms with E-state index in [9.17, 15) is 9.59 Å². The fraction of sp³-hybridized carbons (Fsp3) is 0.0769. The molecule has 0 radical (unpaired) electrons. The van der Waals surface area contributed by atoms with Gasteiger partial charge in [-0.15, -0.1) is 0 Å². The van der Waals surface area contributed by atoms with Gasteiger partial charge in [-0.25, -0.2) is 9.97 Å². The van der Waals surface area contributed by atoms with Gasteiger partial charge in [0, 0.05) is 6.07 Å². The predicted molar refractivity (Wildman–Crippen MR) is 81.2 cm³/mol. The molecule has 0 saturated heterocycles. The number of hydrogen-bond acceptors (Lipinski definition) is 6. The number of aromatic amines is 2. The monoisotopic (exact) mass is 301 g/mol. The molecule has 3 aromatic rings. The zero-order valence-corrected chi connectivity index (χ0v) is 11.6. The van der Waals surface area contributed by atoms with Crippen LogP contribution in [0.4, 0.5) is 5.82 Å². The zero-order chi connectivity index (χ0) is 14.8. The van der Waals surface area contributed by atoms with Crippen LogP contribution in [0.15, 0.2) is 45.1 Å². The van der Waals surface area contributed by atoms with Crippen LogP contribution >= 0.6 is 11.8 Å². The molecule has 0 unspecified atom stereocenters. The van der Waals surface area contributed by atoms with E-state index in [1.54, 1.807) is 18.2 Å². The first-order valence-electron chi connectivity index (χ1n) is 6.09. The summed E-state index contributed by atoms with van der Waals surface area (Å²) in [6.07, 6.45) is 0. The normalized spacial score (nSPS) is 10.9. The second-order valence-corrected chi connectivity index (χ2v) is 5.26. The van der Waals surface area contributed by atoms with E-state index < -0.39 is 0 Å². The van der Waals surface area contributed by atoms with E-state index in [-0.39, 0.29) is 16.9 Å². The molecule has 0 aliphatic heterocycles. The minimum Gasteiger partial charge on any atom is -0.383 e. The quantitative estimate of drug-likeness (QED) is 0.488. The summed E-state index contributed by atoms with van der Waals surface area (Å²) < 4.78 is 0. The number of benzene rings is 1. The molecule has 4 N–H and O–H groups in total. The van der Waals surface area contributed by atoms with Gasteiger partial charge in [-0.2, -0.15) is 0 Å². The van der Waals surface area contributed by atoms with E-state index in [0.29, 0.717) is 27.6 Å². The van der Waals surface area contributed by atoms with E-state index in [4.69, 9.17) is 5.73 Å². The maximum Gasteiger partial charge on any atom is 0.258 e. The van der Waals surface area contributed by atoms with Crippen LogP contribution in [0.25, 0.3) is 10.9 Å². The van der Waals surface area contributed by atoms with Crippen LogP contribution in [0.5, 0.6) is 0 Å². The van der Waals surface area contributed by atoms with Gasteiger partial charge in [-0.1, -0.05) is 23.9 Å². The molecule has 7 nitrogen and oxygen atoms in total. The molecular weight excluding hydrogens is 290 g/mol. The highest BCUT2D eigenvalue weighted by Crippen LogP contribution is 2.17. The van der Waals surface area contributed by atoms with Crippen LogP contribution in [0, 0.1) is 0 Å². The van der Waals surface area contributed by atoms with E-state index in [1.807, 2.05) is 6.07 Å². The molecule has 106 valence electrons. The van der Waals surface area contributed by atoms with Crippen molar-refractivity contribution in [2.45, 2.75) is 10.9 Å². The summed E-state index contributed by atoms with van der Waals surface area (Å²) in [5.41, 5.74) is 5.64. The van der Waals surface area contributed by atoms with Crippen molar-refractivity contribution in [1.29, 1.82) is 0 Å². The second kappa shape index (κ2) is 5.41. The summed E-state index contributed by atoms with van der Waals surface area (Å²) in [6, 6.07) is 8.31. The first-order valence-corrected chi connectivity index (χ1v) is 7.08. The van der Waals surface area contributed by atoms with Gasteiger partial charge in [-0.05, 0) is 12.1 Å². The van der Waals surface area contributed by atoms with Crippen molar-refractivity contribution in [3.63, 3.8) is 0 Å². The Morgan fingerprint density at radius 2 is 1.95 bits per heavy atom. The van der Waals surface area contributed by atoms with Gasteiger partial charge >= 0.3 is 0 Å². The summed E-state index contributed by atoms with van der Waals surface area (Å²) in [7, 11) is 0. The van der Waals surface area contributed by atoms with Gasteiger partial charge in [0.15, 0.2) is 5.16 Å².